The van der Waals surface area contributed by atoms with Gasteiger partial charge in [0.15, 0.2) is 0 Å². The summed E-state index contributed by atoms with van der Waals surface area (Å²) in [5.74, 6) is -0.0592. The molecule has 0 aliphatic heterocycles. The van der Waals surface area contributed by atoms with E-state index in [0.717, 1.165) is 30.6 Å². The summed E-state index contributed by atoms with van der Waals surface area (Å²) < 4.78 is 26.6. The highest BCUT2D eigenvalue weighted by Crippen LogP contribution is 2.20. The molecule has 0 aromatic heterocycles. The van der Waals surface area contributed by atoms with Crippen molar-refractivity contribution in [2.24, 2.45) is 0 Å². The van der Waals surface area contributed by atoms with Crippen LogP contribution in [0.15, 0.2) is 36.4 Å². The van der Waals surface area contributed by atoms with Gasteiger partial charge >= 0.3 is 0 Å². The Bertz CT molecular complexity index is 443. The van der Waals surface area contributed by atoms with Gasteiger partial charge in [0.2, 0.25) is 0 Å². The van der Waals surface area contributed by atoms with Crippen molar-refractivity contribution in [3.05, 3.63) is 42.0 Å². The Morgan fingerprint density at radius 3 is 2.08 bits per heavy atom. The number of ether oxygens (including phenoxy) is 5. The first-order valence-electron chi connectivity index (χ1n) is 8.21. The quantitative estimate of drug-likeness (QED) is 0.310. The van der Waals surface area contributed by atoms with Crippen LogP contribution in [0.3, 0.4) is 0 Å². The smallest absolute Gasteiger partial charge is 0.282 e. The zero-order valence-electron chi connectivity index (χ0n) is 15.2. The largest absolute Gasteiger partial charge is 0.497 e. The highest BCUT2D eigenvalue weighted by Gasteiger charge is 2.28. The average Bonchev–Trinajstić information content (AvgIpc) is 2.64. The van der Waals surface area contributed by atoms with E-state index in [1.807, 2.05) is 24.3 Å². The van der Waals surface area contributed by atoms with E-state index in [4.69, 9.17) is 23.7 Å². The molecule has 1 rings (SSSR count). The fourth-order valence-electron chi connectivity index (χ4n) is 2.29. The minimum absolute atomic E-state index is 0.621. The van der Waals surface area contributed by atoms with Gasteiger partial charge in [0.1, 0.15) is 5.75 Å². The van der Waals surface area contributed by atoms with Gasteiger partial charge < -0.3 is 23.7 Å². The Labute approximate surface area is 145 Å². The van der Waals surface area contributed by atoms with Crippen LogP contribution in [0.25, 0.3) is 0 Å². The molecular weight excluding hydrogens is 308 g/mol. The molecule has 0 N–H and O–H groups in total. The highest BCUT2D eigenvalue weighted by atomic mass is 16.9. The van der Waals surface area contributed by atoms with Crippen LogP contribution in [0.4, 0.5) is 0 Å². The lowest BCUT2D eigenvalue weighted by molar-refractivity contribution is -0.355. The van der Waals surface area contributed by atoms with Crippen LogP contribution < -0.4 is 4.74 Å². The molecule has 0 bridgehead atoms. The van der Waals surface area contributed by atoms with Gasteiger partial charge in [0.05, 0.1) is 20.3 Å². The highest BCUT2D eigenvalue weighted by molar-refractivity contribution is 5.26. The van der Waals surface area contributed by atoms with Gasteiger partial charge in [0.25, 0.3) is 5.97 Å². The maximum absolute atomic E-state index is 5.65. The molecule has 0 saturated heterocycles. The number of hydrogen-bond acceptors (Lipinski definition) is 5. The minimum atomic E-state index is -0.921. The maximum Gasteiger partial charge on any atom is 0.282 e. The number of unbranched alkanes of at least 4 members (excludes halogenated alkanes) is 1. The summed E-state index contributed by atoms with van der Waals surface area (Å²) in [6, 6.07) is 7.92. The van der Waals surface area contributed by atoms with Gasteiger partial charge in [-0.3, -0.25) is 0 Å². The monoisotopic (exact) mass is 338 g/mol. The molecule has 5 heteroatoms. The van der Waals surface area contributed by atoms with Crippen molar-refractivity contribution in [1.82, 2.24) is 0 Å². The fraction of sp³-hybridized carbons (Fsp3) is 0.579. The first kappa shape index (κ1) is 20.6. The molecule has 0 unspecified atom stereocenters. The lowest BCUT2D eigenvalue weighted by Crippen LogP contribution is -2.35. The summed E-state index contributed by atoms with van der Waals surface area (Å²) >= 11 is 0. The van der Waals surface area contributed by atoms with Crippen molar-refractivity contribution in [1.29, 1.82) is 0 Å². The summed E-state index contributed by atoms with van der Waals surface area (Å²) in [6.07, 6.45) is 7.77. The van der Waals surface area contributed by atoms with Crippen molar-refractivity contribution in [2.75, 3.05) is 35.0 Å². The second-order valence-corrected chi connectivity index (χ2v) is 5.35. The Balaban J connectivity index is 2.09. The van der Waals surface area contributed by atoms with Crippen LogP contribution in [0, 0.1) is 0 Å². The lowest BCUT2D eigenvalue weighted by Gasteiger charge is -2.28. The molecule has 0 fully saturated rings. The van der Waals surface area contributed by atoms with Crippen molar-refractivity contribution in [2.45, 2.75) is 38.3 Å². The van der Waals surface area contributed by atoms with Gasteiger partial charge in [-0.05, 0) is 37.0 Å². The summed E-state index contributed by atoms with van der Waals surface area (Å²) in [7, 11) is 6.42. The standard InChI is InChI=1S/C19H30O5/c1-20-18-12-10-17(11-13-18)16-24-15-9-7-5-6-8-14-19(21-2,22-3)23-4/h5,7,10-13H,6,8-9,14-16H2,1-4H3/b7-5-. The number of rotatable bonds is 13. The van der Waals surface area contributed by atoms with E-state index >= 15 is 0 Å². The van der Waals surface area contributed by atoms with Crippen LogP contribution >= 0.6 is 0 Å². The third-order valence-corrected chi connectivity index (χ3v) is 3.81. The van der Waals surface area contributed by atoms with E-state index in [1.54, 1.807) is 28.4 Å². The summed E-state index contributed by atoms with van der Waals surface area (Å²) in [5, 5.41) is 0. The molecule has 0 saturated carbocycles. The molecule has 0 aliphatic carbocycles. The third kappa shape index (κ3) is 7.45. The molecule has 0 heterocycles. The Morgan fingerprint density at radius 1 is 0.875 bits per heavy atom. The molecule has 0 aliphatic rings. The zero-order chi connectivity index (χ0) is 17.7. The number of methoxy groups -OCH3 is 4. The van der Waals surface area contributed by atoms with Crippen molar-refractivity contribution < 1.29 is 23.7 Å². The predicted octanol–water partition coefficient (Wildman–Crippen LogP) is 3.92. The normalized spacial score (nSPS) is 12.0. The molecule has 136 valence electrons. The molecule has 5 nitrogen and oxygen atoms in total. The SMILES string of the molecule is COc1ccc(COCC/C=C\CCCC(OC)(OC)OC)cc1. The van der Waals surface area contributed by atoms with Gasteiger partial charge in [-0.2, -0.15) is 0 Å². The van der Waals surface area contributed by atoms with Gasteiger partial charge in [-0.15, -0.1) is 0 Å². The van der Waals surface area contributed by atoms with Crippen molar-refractivity contribution in [3.8, 4) is 5.75 Å². The van der Waals surface area contributed by atoms with E-state index in [2.05, 4.69) is 12.2 Å². The topological polar surface area (TPSA) is 46.2 Å². The zero-order valence-corrected chi connectivity index (χ0v) is 15.2. The van der Waals surface area contributed by atoms with Gasteiger partial charge in [-0.25, -0.2) is 0 Å². The Hall–Kier alpha value is -1.40. The van der Waals surface area contributed by atoms with Crippen LogP contribution in [-0.2, 0) is 25.6 Å². The first-order valence-corrected chi connectivity index (χ1v) is 8.21. The molecule has 24 heavy (non-hydrogen) atoms. The fourth-order valence-corrected chi connectivity index (χ4v) is 2.29. The number of benzene rings is 1. The van der Waals surface area contributed by atoms with E-state index in [-0.39, 0.29) is 0 Å². The van der Waals surface area contributed by atoms with E-state index < -0.39 is 5.97 Å². The van der Waals surface area contributed by atoms with Crippen molar-refractivity contribution >= 4 is 0 Å². The van der Waals surface area contributed by atoms with E-state index in [0.29, 0.717) is 19.6 Å². The second kappa shape index (κ2) is 12.0. The molecule has 0 radical (unpaired) electrons. The number of hydrogen-bond donors (Lipinski definition) is 0. The summed E-state index contributed by atoms with van der Waals surface area (Å²) in [5.41, 5.74) is 1.15. The lowest BCUT2D eigenvalue weighted by atomic mass is 10.2. The van der Waals surface area contributed by atoms with Gasteiger partial charge in [0, 0.05) is 27.8 Å². The molecule has 1 aromatic rings. The Kier molecular flexibility index (Phi) is 10.4. The molecular formula is C19H30O5. The van der Waals surface area contributed by atoms with Gasteiger partial charge in [-0.1, -0.05) is 24.3 Å². The summed E-state index contributed by atoms with van der Waals surface area (Å²) in [4.78, 5) is 0. The summed E-state index contributed by atoms with van der Waals surface area (Å²) in [6.45, 7) is 1.33. The molecule has 0 spiro atoms. The molecule has 0 amide bonds. The van der Waals surface area contributed by atoms with Crippen molar-refractivity contribution in [3.63, 3.8) is 0 Å². The van der Waals surface area contributed by atoms with Crippen LogP contribution in [0.5, 0.6) is 5.75 Å². The van der Waals surface area contributed by atoms with Crippen LogP contribution in [0.1, 0.15) is 31.2 Å². The van der Waals surface area contributed by atoms with E-state index in [9.17, 15) is 0 Å². The maximum atomic E-state index is 5.65. The van der Waals surface area contributed by atoms with E-state index in [1.165, 1.54) is 0 Å². The van der Waals surface area contributed by atoms with Crippen LogP contribution in [0.2, 0.25) is 0 Å². The minimum Gasteiger partial charge on any atom is -0.497 e. The third-order valence-electron chi connectivity index (χ3n) is 3.81. The predicted molar refractivity (Wildman–Crippen MR) is 94.0 cm³/mol. The average molecular weight is 338 g/mol. The Morgan fingerprint density at radius 2 is 1.50 bits per heavy atom. The molecule has 1 aromatic carbocycles. The number of allylic oxidation sites excluding steroid dienone is 1. The molecule has 0 atom stereocenters. The second-order valence-electron chi connectivity index (χ2n) is 5.35. The van der Waals surface area contributed by atoms with Crippen LogP contribution in [-0.4, -0.2) is 41.0 Å². The first-order chi connectivity index (χ1) is 11.7.